The Hall–Kier alpha value is 0.0500. The van der Waals surface area contributed by atoms with Gasteiger partial charge < -0.3 is 5.21 Å². The number of alkyl halides is 2. The fourth-order valence-electron chi connectivity index (χ4n) is 1.06. The van der Waals surface area contributed by atoms with Crippen molar-refractivity contribution in [2.45, 2.75) is 32.1 Å². The van der Waals surface area contributed by atoms with E-state index in [2.05, 4.69) is 5.16 Å². The minimum atomic E-state index is 0.194. The molecule has 0 heterocycles. The molecule has 1 fully saturated rings. The molecule has 0 spiro atoms. The van der Waals surface area contributed by atoms with Crippen molar-refractivity contribution in [1.29, 1.82) is 0 Å². The molecule has 0 aromatic carbocycles. The number of hydrogen-bond acceptors (Lipinski definition) is 2. The molecule has 0 aromatic rings. The van der Waals surface area contributed by atoms with Gasteiger partial charge in [0, 0.05) is 0 Å². The molecule has 1 aliphatic rings. The van der Waals surface area contributed by atoms with Gasteiger partial charge in [-0.25, -0.2) is 0 Å². The summed E-state index contributed by atoms with van der Waals surface area (Å²) in [7, 11) is 0. The zero-order valence-electron chi connectivity index (χ0n) is 6.39. The maximum atomic E-state index is 8.28. The zero-order valence-corrected chi connectivity index (χ0v) is 7.90. The highest BCUT2D eigenvalue weighted by Gasteiger charge is 2.05. The predicted octanol–water partition coefficient (Wildman–Crippen LogP) is 3.20. The lowest BCUT2D eigenvalue weighted by Crippen LogP contribution is -2.03. The van der Waals surface area contributed by atoms with Crippen molar-refractivity contribution in [2.75, 3.05) is 5.34 Å². The van der Waals surface area contributed by atoms with Crippen molar-refractivity contribution in [3.8, 4) is 0 Å². The number of hydrogen-bond donors (Lipinski definition) is 1. The molecule has 0 aliphatic heterocycles. The first kappa shape index (κ1) is 11.1. The van der Waals surface area contributed by atoms with Gasteiger partial charge in [-0.2, -0.15) is 0 Å². The summed E-state index contributed by atoms with van der Waals surface area (Å²) >= 11 is 9.53. The lowest BCUT2D eigenvalue weighted by Gasteiger charge is -2.08. The van der Waals surface area contributed by atoms with Gasteiger partial charge in [0.15, 0.2) is 0 Å². The Balaban J connectivity index is 0.000000292. The molecule has 0 unspecified atom stereocenters. The van der Waals surface area contributed by atoms with Crippen molar-refractivity contribution >= 4 is 28.9 Å². The smallest absolute Gasteiger partial charge is 0.0967 e. The van der Waals surface area contributed by atoms with E-state index < -0.39 is 0 Å². The summed E-state index contributed by atoms with van der Waals surface area (Å²) in [5.41, 5.74) is 0.983. The van der Waals surface area contributed by atoms with Crippen molar-refractivity contribution < 1.29 is 5.21 Å². The van der Waals surface area contributed by atoms with Crippen molar-refractivity contribution in [3.05, 3.63) is 0 Å². The Morgan fingerprint density at radius 1 is 1.18 bits per heavy atom. The molecule has 0 radical (unpaired) electrons. The van der Waals surface area contributed by atoms with E-state index in [0.717, 1.165) is 18.6 Å². The van der Waals surface area contributed by atoms with Gasteiger partial charge in [0.1, 0.15) is 0 Å². The summed E-state index contributed by atoms with van der Waals surface area (Å²) in [6, 6.07) is 0. The number of halogens is 2. The van der Waals surface area contributed by atoms with Crippen LogP contribution in [0.2, 0.25) is 0 Å². The van der Waals surface area contributed by atoms with E-state index in [1.54, 1.807) is 0 Å². The molecule has 0 aromatic heterocycles. The third-order valence-corrected chi connectivity index (χ3v) is 1.57. The third-order valence-electron chi connectivity index (χ3n) is 1.57. The lowest BCUT2D eigenvalue weighted by atomic mass is 9.99. The molecule has 11 heavy (non-hydrogen) atoms. The highest BCUT2D eigenvalue weighted by atomic mass is 35.5. The van der Waals surface area contributed by atoms with Crippen molar-refractivity contribution in [1.82, 2.24) is 0 Å². The van der Waals surface area contributed by atoms with Crippen LogP contribution in [0, 0.1) is 0 Å². The summed E-state index contributed by atoms with van der Waals surface area (Å²) in [5, 5.41) is 11.6. The van der Waals surface area contributed by atoms with Crippen molar-refractivity contribution in [3.63, 3.8) is 0 Å². The van der Waals surface area contributed by atoms with Crippen LogP contribution in [0.1, 0.15) is 32.1 Å². The normalized spacial score (nSPS) is 16.7. The molecule has 1 saturated carbocycles. The number of nitrogens with zero attached hydrogens (tertiary/aromatic N) is 1. The van der Waals surface area contributed by atoms with Gasteiger partial charge in [-0.15, -0.1) is 23.2 Å². The number of rotatable bonds is 0. The van der Waals surface area contributed by atoms with Gasteiger partial charge in [0.25, 0.3) is 0 Å². The molecular weight excluding hydrogens is 185 g/mol. The van der Waals surface area contributed by atoms with Crippen LogP contribution in [0.3, 0.4) is 0 Å². The summed E-state index contributed by atoms with van der Waals surface area (Å²) < 4.78 is 0. The standard InChI is InChI=1S/C6H11NO.CH2Cl2/c8-7-6-4-2-1-3-5-6;2-1-3/h8H,1-5H2;1H2. The van der Waals surface area contributed by atoms with Gasteiger partial charge in [0.05, 0.1) is 11.1 Å². The summed E-state index contributed by atoms with van der Waals surface area (Å²) in [5.74, 6) is 0. The maximum Gasteiger partial charge on any atom is 0.0967 e. The zero-order chi connectivity index (χ0) is 8.53. The van der Waals surface area contributed by atoms with E-state index in [-0.39, 0.29) is 5.34 Å². The molecule has 66 valence electrons. The lowest BCUT2D eigenvalue weighted by molar-refractivity contribution is 0.314. The predicted molar refractivity (Wildman–Crippen MR) is 48.9 cm³/mol. The van der Waals surface area contributed by atoms with E-state index >= 15 is 0 Å². The summed E-state index contributed by atoms with van der Waals surface area (Å²) in [4.78, 5) is 0. The largest absolute Gasteiger partial charge is 0.411 e. The van der Waals surface area contributed by atoms with E-state index in [4.69, 9.17) is 28.4 Å². The fourth-order valence-corrected chi connectivity index (χ4v) is 1.06. The number of oxime groups is 1. The highest BCUT2D eigenvalue weighted by Crippen LogP contribution is 2.13. The second-order valence-electron chi connectivity index (χ2n) is 2.33. The average Bonchev–Trinajstić information content (AvgIpc) is 2.08. The highest BCUT2D eigenvalue weighted by molar-refractivity contribution is 6.40. The van der Waals surface area contributed by atoms with Crippen LogP contribution < -0.4 is 0 Å². The van der Waals surface area contributed by atoms with Crippen LogP contribution in [0.5, 0.6) is 0 Å². The molecule has 1 aliphatic carbocycles. The minimum absolute atomic E-state index is 0.194. The topological polar surface area (TPSA) is 32.6 Å². The molecule has 0 saturated heterocycles. The van der Waals surface area contributed by atoms with E-state index in [1.807, 2.05) is 0 Å². The minimum Gasteiger partial charge on any atom is -0.411 e. The van der Waals surface area contributed by atoms with Crippen LogP contribution in [0.4, 0.5) is 0 Å². The molecular formula is C7H13Cl2NO. The molecule has 0 amide bonds. The monoisotopic (exact) mass is 197 g/mol. The van der Waals surface area contributed by atoms with Crippen LogP contribution in [-0.2, 0) is 0 Å². The Labute approximate surface area is 77.2 Å². The van der Waals surface area contributed by atoms with Gasteiger partial charge in [0.2, 0.25) is 0 Å². The second kappa shape index (κ2) is 8.15. The second-order valence-corrected chi connectivity index (χ2v) is 3.14. The van der Waals surface area contributed by atoms with Gasteiger partial charge in [-0.05, 0) is 25.7 Å². The SMILES string of the molecule is ClCCl.ON=C1CCCCC1. The molecule has 1 N–H and O–H groups in total. The van der Waals surface area contributed by atoms with Gasteiger partial charge >= 0.3 is 0 Å². The van der Waals surface area contributed by atoms with E-state index in [0.29, 0.717) is 0 Å². The first-order valence-corrected chi connectivity index (χ1v) is 4.73. The van der Waals surface area contributed by atoms with Crippen LogP contribution in [-0.4, -0.2) is 16.3 Å². The Morgan fingerprint density at radius 3 is 1.91 bits per heavy atom. The quantitative estimate of drug-likeness (QED) is 0.361. The van der Waals surface area contributed by atoms with E-state index in [1.165, 1.54) is 19.3 Å². The molecule has 0 bridgehead atoms. The van der Waals surface area contributed by atoms with Crippen molar-refractivity contribution in [2.24, 2.45) is 5.16 Å². The van der Waals surface area contributed by atoms with E-state index in [9.17, 15) is 0 Å². The van der Waals surface area contributed by atoms with Crippen LogP contribution in [0.25, 0.3) is 0 Å². The average molecular weight is 198 g/mol. The first-order valence-electron chi connectivity index (χ1n) is 3.67. The molecule has 4 heteroatoms. The van der Waals surface area contributed by atoms with Gasteiger partial charge in [-0.1, -0.05) is 11.6 Å². The Morgan fingerprint density at radius 2 is 1.64 bits per heavy atom. The Kier molecular flexibility index (Phi) is 8.19. The molecule has 1 rings (SSSR count). The Bertz CT molecular complexity index is 109. The maximum absolute atomic E-state index is 8.28. The molecule has 0 atom stereocenters. The summed E-state index contributed by atoms with van der Waals surface area (Å²) in [6.45, 7) is 0. The third kappa shape index (κ3) is 6.45. The fraction of sp³-hybridized carbons (Fsp3) is 0.857. The van der Waals surface area contributed by atoms with Crippen LogP contribution in [0.15, 0.2) is 5.16 Å². The first-order chi connectivity index (χ1) is 5.35. The molecule has 2 nitrogen and oxygen atoms in total. The van der Waals surface area contributed by atoms with Crippen LogP contribution >= 0.6 is 23.2 Å². The summed E-state index contributed by atoms with van der Waals surface area (Å²) in [6.07, 6.45) is 5.74. The van der Waals surface area contributed by atoms with Gasteiger partial charge in [-0.3, -0.25) is 0 Å².